The van der Waals surface area contributed by atoms with Crippen LogP contribution in [0.5, 0.6) is 5.75 Å². The largest absolute Gasteiger partial charge is 0.462 e. The quantitative estimate of drug-likeness (QED) is 0.808. The molecule has 2 N–H and O–H groups in total. The van der Waals surface area contributed by atoms with Gasteiger partial charge in [-0.3, -0.25) is 0 Å². The third-order valence-corrected chi connectivity index (χ3v) is 4.14. The van der Waals surface area contributed by atoms with Crippen LogP contribution in [-0.2, 0) is 9.47 Å². The van der Waals surface area contributed by atoms with Crippen LogP contribution in [0.25, 0.3) is 11.0 Å². The van der Waals surface area contributed by atoms with Gasteiger partial charge in [0, 0.05) is 18.6 Å². The summed E-state index contributed by atoms with van der Waals surface area (Å²) in [4.78, 5) is 11.2. The highest BCUT2D eigenvalue weighted by molar-refractivity contribution is 5.77. The molecule has 7 heteroatoms. The number of rotatable bonds is 3. The van der Waals surface area contributed by atoms with Crippen molar-refractivity contribution in [1.82, 2.24) is 0 Å². The van der Waals surface area contributed by atoms with Gasteiger partial charge >= 0.3 is 5.63 Å². The van der Waals surface area contributed by atoms with Crippen LogP contribution in [0.1, 0.15) is 13.8 Å². The molecule has 1 aromatic heterocycles. The molecule has 1 fully saturated rings. The van der Waals surface area contributed by atoms with Crippen molar-refractivity contribution in [2.45, 2.75) is 44.1 Å². The minimum absolute atomic E-state index is 0.416. The van der Waals surface area contributed by atoms with E-state index in [-0.39, 0.29) is 0 Å². The molecule has 1 aliphatic rings. The van der Waals surface area contributed by atoms with E-state index in [4.69, 9.17) is 18.6 Å². The Morgan fingerprint density at radius 3 is 2.58 bits per heavy atom. The van der Waals surface area contributed by atoms with Gasteiger partial charge in [-0.05, 0) is 38.1 Å². The van der Waals surface area contributed by atoms with Gasteiger partial charge in [0.15, 0.2) is 0 Å². The minimum atomic E-state index is -1.27. The van der Waals surface area contributed by atoms with Gasteiger partial charge in [-0.2, -0.15) is 0 Å². The van der Waals surface area contributed by atoms with E-state index in [1.165, 1.54) is 13.2 Å². The number of hydrogen-bond acceptors (Lipinski definition) is 7. The fourth-order valence-corrected chi connectivity index (χ4v) is 2.96. The lowest BCUT2D eigenvalue weighted by Gasteiger charge is -2.46. The predicted octanol–water partition coefficient (Wildman–Crippen LogP) is 1.04. The average Bonchev–Trinajstić information content (AvgIpc) is 2.52. The second kappa shape index (κ2) is 6.18. The van der Waals surface area contributed by atoms with Crippen molar-refractivity contribution in [1.29, 1.82) is 0 Å². The SMILES string of the molecule is COC1C(O)C(O)[C@H](Oc2ccc3oc(=O)ccc3c2)OC1(C)C. The molecule has 24 heavy (non-hydrogen) atoms. The highest BCUT2D eigenvalue weighted by atomic mass is 16.7. The van der Waals surface area contributed by atoms with Crippen molar-refractivity contribution in [3.63, 3.8) is 0 Å². The fraction of sp³-hybridized carbons (Fsp3) is 0.471. The second-order valence-electron chi connectivity index (χ2n) is 6.30. The molecule has 1 aromatic carbocycles. The van der Waals surface area contributed by atoms with E-state index in [0.717, 1.165) is 0 Å². The summed E-state index contributed by atoms with van der Waals surface area (Å²) in [5, 5.41) is 21.2. The maximum atomic E-state index is 11.2. The van der Waals surface area contributed by atoms with E-state index in [1.54, 1.807) is 38.1 Å². The van der Waals surface area contributed by atoms with E-state index in [0.29, 0.717) is 16.7 Å². The molecule has 1 aliphatic heterocycles. The summed E-state index contributed by atoms with van der Waals surface area (Å²) >= 11 is 0. The summed E-state index contributed by atoms with van der Waals surface area (Å²) in [6.45, 7) is 3.50. The van der Waals surface area contributed by atoms with Crippen molar-refractivity contribution in [3.8, 4) is 5.75 Å². The topological polar surface area (TPSA) is 98.4 Å². The third kappa shape index (κ3) is 3.03. The molecule has 3 rings (SSSR count). The average molecular weight is 336 g/mol. The van der Waals surface area contributed by atoms with E-state index in [1.807, 2.05) is 0 Å². The lowest BCUT2D eigenvalue weighted by Crippen LogP contribution is -2.63. The molecule has 3 unspecified atom stereocenters. The van der Waals surface area contributed by atoms with Crippen LogP contribution in [0, 0.1) is 0 Å². The molecular formula is C17H20O7. The van der Waals surface area contributed by atoms with Crippen LogP contribution in [0.2, 0.25) is 0 Å². The van der Waals surface area contributed by atoms with Crippen LogP contribution in [0.3, 0.4) is 0 Å². The lowest BCUT2D eigenvalue weighted by atomic mass is 9.89. The summed E-state index contributed by atoms with van der Waals surface area (Å²) in [6, 6.07) is 7.79. The first kappa shape index (κ1) is 16.9. The molecular weight excluding hydrogens is 316 g/mol. The third-order valence-electron chi connectivity index (χ3n) is 4.14. The number of aliphatic hydroxyl groups excluding tert-OH is 2. The Morgan fingerprint density at radius 1 is 1.12 bits per heavy atom. The smallest absolute Gasteiger partial charge is 0.336 e. The van der Waals surface area contributed by atoms with Gasteiger partial charge in [-0.1, -0.05) is 0 Å². The van der Waals surface area contributed by atoms with Crippen LogP contribution in [0.4, 0.5) is 0 Å². The van der Waals surface area contributed by atoms with Crippen molar-refractivity contribution in [2.24, 2.45) is 0 Å². The van der Waals surface area contributed by atoms with Gasteiger partial charge < -0.3 is 28.8 Å². The Bertz CT molecular complexity index is 782. The Labute approximate surface area is 138 Å². The molecule has 0 amide bonds. The Kier molecular flexibility index (Phi) is 4.35. The van der Waals surface area contributed by atoms with Crippen LogP contribution < -0.4 is 10.4 Å². The number of benzene rings is 1. The van der Waals surface area contributed by atoms with E-state index in [2.05, 4.69) is 0 Å². The predicted molar refractivity (Wildman–Crippen MR) is 84.9 cm³/mol. The van der Waals surface area contributed by atoms with E-state index >= 15 is 0 Å². The molecule has 0 radical (unpaired) electrons. The minimum Gasteiger partial charge on any atom is -0.462 e. The highest BCUT2D eigenvalue weighted by Crippen LogP contribution is 2.33. The van der Waals surface area contributed by atoms with Crippen molar-refractivity contribution in [3.05, 3.63) is 40.8 Å². The lowest BCUT2D eigenvalue weighted by molar-refractivity contribution is -0.305. The number of aliphatic hydroxyl groups is 2. The van der Waals surface area contributed by atoms with Crippen LogP contribution in [0.15, 0.2) is 39.5 Å². The first-order chi connectivity index (χ1) is 11.3. The summed E-state index contributed by atoms with van der Waals surface area (Å²) in [6.07, 6.45) is -4.16. The molecule has 0 aliphatic carbocycles. The molecule has 0 spiro atoms. The van der Waals surface area contributed by atoms with Crippen molar-refractivity contribution >= 4 is 11.0 Å². The van der Waals surface area contributed by atoms with Gasteiger partial charge in [0.25, 0.3) is 0 Å². The van der Waals surface area contributed by atoms with Gasteiger partial charge in [0.2, 0.25) is 6.29 Å². The zero-order chi connectivity index (χ0) is 17.5. The zero-order valence-electron chi connectivity index (χ0n) is 13.6. The fourth-order valence-electron chi connectivity index (χ4n) is 2.96. The summed E-state index contributed by atoms with van der Waals surface area (Å²) in [5.74, 6) is 0.416. The summed E-state index contributed by atoms with van der Waals surface area (Å²) in [5.41, 5.74) is -0.848. The molecule has 7 nitrogen and oxygen atoms in total. The van der Waals surface area contributed by atoms with E-state index in [9.17, 15) is 15.0 Å². The Morgan fingerprint density at radius 2 is 1.88 bits per heavy atom. The summed E-state index contributed by atoms with van der Waals surface area (Å²) in [7, 11) is 1.45. The van der Waals surface area contributed by atoms with Gasteiger partial charge in [0.05, 0.1) is 5.60 Å². The zero-order valence-corrected chi connectivity index (χ0v) is 13.6. The highest BCUT2D eigenvalue weighted by Gasteiger charge is 2.50. The first-order valence-corrected chi connectivity index (χ1v) is 7.59. The monoisotopic (exact) mass is 336 g/mol. The molecule has 0 bridgehead atoms. The van der Waals surface area contributed by atoms with Gasteiger partial charge in [-0.25, -0.2) is 4.79 Å². The number of methoxy groups -OCH3 is 1. The Balaban J connectivity index is 1.85. The number of hydrogen-bond donors (Lipinski definition) is 2. The molecule has 2 aromatic rings. The molecule has 4 atom stereocenters. The molecule has 0 saturated carbocycles. The van der Waals surface area contributed by atoms with Crippen LogP contribution >= 0.6 is 0 Å². The van der Waals surface area contributed by atoms with Gasteiger partial charge in [-0.15, -0.1) is 0 Å². The maximum absolute atomic E-state index is 11.2. The maximum Gasteiger partial charge on any atom is 0.336 e. The van der Waals surface area contributed by atoms with Crippen molar-refractivity contribution in [2.75, 3.05) is 7.11 Å². The molecule has 2 heterocycles. The first-order valence-electron chi connectivity index (χ1n) is 7.59. The van der Waals surface area contributed by atoms with Crippen LogP contribution in [-0.4, -0.2) is 47.5 Å². The molecule has 1 saturated heterocycles. The molecule has 130 valence electrons. The Hall–Kier alpha value is -1.93. The normalized spacial score (nSPS) is 29.5. The van der Waals surface area contributed by atoms with E-state index < -0.39 is 35.8 Å². The van der Waals surface area contributed by atoms with Crippen molar-refractivity contribution < 1.29 is 28.8 Å². The standard InChI is InChI=1S/C17H20O7/c1-17(2)15(21-3)13(19)14(20)16(24-17)22-10-5-6-11-9(8-10)4-7-12(18)23-11/h4-8,13-16,19-20H,1-3H3/t13?,14?,15?,16-/m1/s1. The number of fused-ring (bicyclic) bond motifs is 1. The second-order valence-corrected chi connectivity index (χ2v) is 6.30. The summed E-state index contributed by atoms with van der Waals surface area (Å²) < 4.78 is 21.7. The number of ether oxygens (including phenoxy) is 3. The van der Waals surface area contributed by atoms with Gasteiger partial charge in [0.1, 0.15) is 29.6 Å².